The lowest BCUT2D eigenvalue weighted by molar-refractivity contribution is -0.118. The van der Waals surface area contributed by atoms with Gasteiger partial charge in [0.25, 0.3) is 5.91 Å². The van der Waals surface area contributed by atoms with Crippen LogP contribution in [0.4, 0.5) is 10.1 Å². The average molecular weight is 287 g/mol. The molecule has 1 N–H and O–H groups in total. The summed E-state index contributed by atoms with van der Waals surface area (Å²) in [6, 6.07) is 12.1. The summed E-state index contributed by atoms with van der Waals surface area (Å²) in [6.45, 7) is 3.75. The van der Waals surface area contributed by atoms with Crippen molar-refractivity contribution in [2.24, 2.45) is 0 Å². The van der Waals surface area contributed by atoms with Gasteiger partial charge in [0, 0.05) is 0 Å². The Morgan fingerprint density at radius 1 is 1.19 bits per heavy atom. The molecule has 0 aromatic heterocycles. The number of aryl methyl sites for hydroxylation is 2. The van der Waals surface area contributed by atoms with E-state index < -0.39 is 5.82 Å². The fourth-order valence-corrected chi connectivity index (χ4v) is 1.89. The van der Waals surface area contributed by atoms with Gasteiger partial charge in [-0.15, -0.1) is 0 Å². The molecule has 0 saturated carbocycles. The highest BCUT2D eigenvalue weighted by Gasteiger charge is 2.08. The Morgan fingerprint density at radius 2 is 1.90 bits per heavy atom. The molecule has 2 aromatic carbocycles. The zero-order chi connectivity index (χ0) is 15.2. The monoisotopic (exact) mass is 287 g/mol. The standard InChI is InChI=1S/C17H18FNO2/c1-3-13-5-7-14(8-6-13)21-11-17(20)19-16-10-12(2)4-9-15(16)18/h4-10H,3,11H2,1-2H3,(H,19,20). The molecule has 0 aliphatic rings. The van der Waals surface area contributed by atoms with Crippen molar-refractivity contribution < 1.29 is 13.9 Å². The predicted octanol–water partition coefficient (Wildman–Crippen LogP) is 3.71. The minimum Gasteiger partial charge on any atom is -0.484 e. The van der Waals surface area contributed by atoms with Gasteiger partial charge in [-0.25, -0.2) is 4.39 Å². The molecule has 1 amide bonds. The zero-order valence-corrected chi connectivity index (χ0v) is 12.2. The molecule has 0 spiro atoms. The molecule has 2 aromatic rings. The molecule has 0 saturated heterocycles. The highest BCUT2D eigenvalue weighted by Crippen LogP contribution is 2.16. The van der Waals surface area contributed by atoms with E-state index in [1.165, 1.54) is 11.6 Å². The summed E-state index contributed by atoms with van der Waals surface area (Å²) >= 11 is 0. The predicted molar refractivity (Wildman–Crippen MR) is 81.1 cm³/mol. The Kier molecular flexibility index (Phi) is 4.93. The maximum atomic E-state index is 13.5. The molecule has 0 aliphatic heterocycles. The van der Waals surface area contributed by atoms with E-state index in [1.54, 1.807) is 12.1 Å². The Bertz CT molecular complexity index is 623. The van der Waals surface area contributed by atoms with Gasteiger partial charge in [-0.05, 0) is 48.7 Å². The largest absolute Gasteiger partial charge is 0.484 e. The van der Waals surface area contributed by atoms with Gasteiger partial charge in [-0.3, -0.25) is 4.79 Å². The van der Waals surface area contributed by atoms with Gasteiger partial charge < -0.3 is 10.1 Å². The van der Waals surface area contributed by atoms with Gasteiger partial charge >= 0.3 is 0 Å². The van der Waals surface area contributed by atoms with Gasteiger partial charge in [0.2, 0.25) is 0 Å². The first kappa shape index (κ1) is 15.0. The van der Waals surface area contributed by atoms with Gasteiger partial charge in [0.1, 0.15) is 11.6 Å². The first-order valence-electron chi connectivity index (χ1n) is 6.86. The van der Waals surface area contributed by atoms with Crippen molar-refractivity contribution in [2.75, 3.05) is 11.9 Å². The first-order chi connectivity index (χ1) is 10.1. The van der Waals surface area contributed by atoms with Crippen molar-refractivity contribution in [3.63, 3.8) is 0 Å². The van der Waals surface area contributed by atoms with Crippen LogP contribution in [0.2, 0.25) is 0 Å². The molecule has 3 nitrogen and oxygen atoms in total. The van der Waals surface area contributed by atoms with Gasteiger partial charge in [-0.2, -0.15) is 0 Å². The average Bonchev–Trinajstić information content (AvgIpc) is 2.49. The molecule has 0 bridgehead atoms. The van der Waals surface area contributed by atoms with Crippen molar-refractivity contribution in [3.05, 3.63) is 59.4 Å². The minimum absolute atomic E-state index is 0.154. The van der Waals surface area contributed by atoms with Crippen LogP contribution >= 0.6 is 0 Å². The Hall–Kier alpha value is -2.36. The van der Waals surface area contributed by atoms with Crippen LogP contribution < -0.4 is 10.1 Å². The number of benzene rings is 2. The number of hydrogen-bond acceptors (Lipinski definition) is 2. The van der Waals surface area contributed by atoms with E-state index in [0.717, 1.165) is 12.0 Å². The van der Waals surface area contributed by atoms with Crippen LogP contribution in [0.25, 0.3) is 0 Å². The Labute approximate surface area is 123 Å². The van der Waals surface area contributed by atoms with Gasteiger partial charge in [0.15, 0.2) is 6.61 Å². The Morgan fingerprint density at radius 3 is 2.57 bits per heavy atom. The number of amides is 1. The van der Waals surface area contributed by atoms with Crippen LogP contribution in [0.15, 0.2) is 42.5 Å². The lowest BCUT2D eigenvalue weighted by Gasteiger charge is -2.09. The number of carbonyl (C=O) groups excluding carboxylic acids is 1. The highest BCUT2D eigenvalue weighted by atomic mass is 19.1. The molecular formula is C17H18FNO2. The Balaban J connectivity index is 1.91. The fraction of sp³-hybridized carbons (Fsp3) is 0.235. The molecule has 2 rings (SSSR count). The van der Waals surface area contributed by atoms with Crippen molar-refractivity contribution in [1.29, 1.82) is 0 Å². The summed E-state index contributed by atoms with van der Waals surface area (Å²) in [6.07, 6.45) is 0.952. The van der Waals surface area contributed by atoms with Gasteiger partial charge in [0.05, 0.1) is 5.69 Å². The fourth-order valence-electron chi connectivity index (χ4n) is 1.89. The second-order valence-corrected chi connectivity index (χ2v) is 4.82. The van der Waals surface area contributed by atoms with Crippen LogP contribution in [0.3, 0.4) is 0 Å². The van der Waals surface area contributed by atoms with Crippen molar-refractivity contribution in [2.45, 2.75) is 20.3 Å². The number of rotatable bonds is 5. The summed E-state index contributed by atoms with van der Waals surface area (Å²) in [7, 11) is 0. The second kappa shape index (κ2) is 6.88. The first-order valence-corrected chi connectivity index (χ1v) is 6.86. The summed E-state index contributed by atoms with van der Waals surface area (Å²) in [4.78, 5) is 11.8. The van der Waals surface area contributed by atoms with Gasteiger partial charge in [-0.1, -0.05) is 25.1 Å². The number of nitrogens with one attached hydrogen (secondary N) is 1. The van der Waals surface area contributed by atoms with Crippen molar-refractivity contribution in [3.8, 4) is 5.75 Å². The van der Waals surface area contributed by atoms with E-state index in [2.05, 4.69) is 12.2 Å². The molecular weight excluding hydrogens is 269 g/mol. The third-order valence-electron chi connectivity index (χ3n) is 3.10. The summed E-state index contributed by atoms with van der Waals surface area (Å²) in [5.74, 6) is -0.229. The number of carbonyl (C=O) groups is 1. The number of halogens is 1. The van der Waals surface area contributed by atoms with Crippen molar-refractivity contribution >= 4 is 11.6 Å². The number of ether oxygens (including phenoxy) is 1. The maximum absolute atomic E-state index is 13.5. The van der Waals surface area contributed by atoms with Crippen LogP contribution in [0.5, 0.6) is 5.75 Å². The van der Waals surface area contributed by atoms with Crippen LogP contribution in [0, 0.1) is 12.7 Å². The van der Waals surface area contributed by atoms with E-state index in [-0.39, 0.29) is 18.2 Å². The highest BCUT2D eigenvalue weighted by molar-refractivity contribution is 5.92. The third kappa shape index (κ3) is 4.31. The van der Waals surface area contributed by atoms with Crippen LogP contribution in [-0.4, -0.2) is 12.5 Å². The van der Waals surface area contributed by atoms with Crippen LogP contribution in [0.1, 0.15) is 18.1 Å². The molecule has 0 heterocycles. The van der Waals surface area contributed by atoms with Crippen LogP contribution in [-0.2, 0) is 11.2 Å². The normalized spacial score (nSPS) is 10.2. The van der Waals surface area contributed by atoms with E-state index >= 15 is 0 Å². The van der Waals surface area contributed by atoms with Crippen molar-refractivity contribution in [1.82, 2.24) is 0 Å². The van der Waals surface area contributed by atoms with E-state index in [4.69, 9.17) is 4.74 Å². The quantitative estimate of drug-likeness (QED) is 0.910. The maximum Gasteiger partial charge on any atom is 0.262 e. The third-order valence-corrected chi connectivity index (χ3v) is 3.10. The molecule has 0 atom stereocenters. The molecule has 4 heteroatoms. The molecule has 0 unspecified atom stereocenters. The molecule has 0 aliphatic carbocycles. The number of hydrogen-bond donors (Lipinski definition) is 1. The second-order valence-electron chi connectivity index (χ2n) is 4.82. The smallest absolute Gasteiger partial charge is 0.262 e. The lowest BCUT2D eigenvalue weighted by Crippen LogP contribution is -2.20. The summed E-state index contributed by atoms with van der Waals surface area (Å²) < 4.78 is 18.9. The zero-order valence-electron chi connectivity index (χ0n) is 12.2. The molecule has 110 valence electrons. The molecule has 21 heavy (non-hydrogen) atoms. The molecule has 0 radical (unpaired) electrons. The summed E-state index contributed by atoms with van der Waals surface area (Å²) in [5.41, 5.74) is 2.25. The summed E-state index contributed by atoms with van der Waals surface area (Å²) in [5, 5.41) is 2.50. The minimum atomic E-state index is -0.457. The molecule has 0 fully saturated rings. The SMILES string of the molecule is CCc1ccc(OCC(=O)Nc2cc(C)ccc2F)cc1. The number of anilines is 1. The lowest BCUT2D eigenvalue weighted by atomic mass is 10.2. The van der Waals surface area contributed by atoms with E-state index in [1.807, 2.05) is 31.2 Å². The van der Waals surface area contributed by atoms with E-state index in [9.17, 15) is 9.18 Å². The van der Waals surface area contributed by atoms with E-state index in [0.29, 0.717) is 5.75 Å². The topological polar surface area (TPSA) is 38.3 Å².